The number of nitrogens with zero attached hydrogens (tertiary/aromatic N) is 1. The van der Waals surface area contributed by atoms with E-state index in [1.807, 2.05) is 18.2 Å². The molecule has 0 aliphatic carbocycles. The highest BCUT2D eigenvalue weighted by molar-refractivity contribution is 5.20. The molecule has 3 nitrogen and oxygen atoms in total. The number of benzene rings is 2. The Balaban J connectivity index is 1.65. The summed E-state index contributed by atoms with van der Waals surface area (Å²) in [6.07, 6.45) is -1.14. The molecule has 0 saturated carbocycles. The second-order valence-corrected chi connectivity index (χ2v) is 5.63. The van der Waals surface area contributed by atoms with Gasteiger partial charge in [0.1, 0.15) is 18.0 Å². The van der Waals surface area contributed by atoms with Crippen molar-refractivity contribution in [3.8, 4) is 0 Å². The first-order chi connectivity index (χ1) is 10.7. The quantitative estimate of drug-likeness (QED) is 0.942. The molecule has 1 aliphatic heterocycles. The normalized spacial score (nSPS) is 20.7. The van der Waals surface area contributed by atoms with Crippen LogP contribution in [0.2, 0.25) is 0 Å². The Morgan fingerprint density at radius 1 is 1.18 bits per heavy atom. The van der Waals surface area contributed by atoms with Gasteiger partial charge in [-0.05, 0) is 23.3 Å². The summed E-state index contributed by atoms with van der Waals surface area (Å²) in [5.74, 6) is -0.339. The van der Waals surface area contributed by atoms with Gasteiger partial charge in [-0.15, -0.1) is 0 Å². The molecule has 2 atom stereocenters. The summed E-state index contributed by atoms with van der Waals surface area (Å²) in [7, 11) is 0. The maximum atomic E-state index is 13.3. The minimum Gasteiger partial charge on any atom is -0.386 e. The van der Waals surface area contributed by atoms with Gasteiger partial charge in [0.05, 0.1) is 6.61 Å². The van der Waals surface area contributed by atoms with Crippen molar-refractivity contribution >= 4 is 0 Å². The monoisotopic (exact) mass is 301 g/mol. The molecule has 1 aliphatic rings. The molecule has 1 saturated heterocycles. The van der Waals surface area contributed by atoms with E-state index in [9.17, 15) is 9.50 Å². The maximum absolute atomic E-state index is 13.3. The molecule has 1 N–H and O–H groups in total. The molecule has 22 heavy (non-hydrogen) atoms. The first-order valence-corrected chi connectivity index (χ1v) is 7.54. The van der Waals surface area contributed by atoms with Crippen molar-refractivity contribution in [3.63, 3.8) is 0 Å². The summed E-state index contributed by atoms with van der Waals surface area (Å²) in [5.41, 5.74) is 1.80. The SMILES string of the molecule is O[C@H](c1cccc(F)c1)[C@H]1CN(Cc2ccccc2)CCO1. The van der Waals surface area contributed by atoms with Crippen molar-refractivity contribution in [1.82, 2.24) is 4.90 Å². The van der Waals surface area contributed by atoms with Crippen LogP contribution in [-0.2, 0) is 11.3 Å². The van der Waals surface area contributed by atoms with E-state index in [0.717, 1.165) is 13.1 Å². The molecule has 0 amide bonds. The highest BCUT2D eigenvalue weighted by Gasteiger charge is 2.28. The molecule has 1 fully saturated rings. The lowest BCUT2D eigenvalue weighted by atomic mass is 10.0. The van der Waals surface area contributed by atoms with Crippen molar-refractivity contribution < 1.29 is 14.2 Å². The van der Waals surface area contributed by atoms with Gasteiger partial charge >= 0.3 is 0 Å². The Kier molecular flexibility index (Phi) is 4.83. The first-order valence-electron chi connectivity index (χ1n) is 7.54. The summed E-state index contributed by atoms with van der Waals surface area (Å²) >= 11 is 0. The lowest BCUT2D eigenvalue weighted by molar-refractivity contribution is -0.0919. The molecule has 0 spiro atoms. The van der Waals surface area contributed by atoms with E-state index < -0.39 is 6.10 Å². The third kappa shape index (κ3) is 3.71. The highest BCUT2D eigenvalue weighted by Crippen LogP contribution is 2.23. The highest BCUT2D eigenvalue weighted by atomic mass is 19.1. The van der Waals surface area contributed by atoms with E-state index >= 15 is 0 Å². The molecule has 0 bridgehead atoms. The number of rotatable bonds is 4. The molecule has 0 radical (unpaired) electrons. The lowest BCUT2D eigenvalue weighted by Crippen LogP contribution is -2.44. The van der Waals surface area contributed by atoms with Gasteiger partial charge in [-0.25, -0.2) is 4.39 Å². The van der Waals surface area contributed by atoms with E-state index in [2.05, 4.69) is 17.0 Å². The fourth-order valence-corrected chi connectivity index (χ4v) is 2.81. The van der Waals surface area contributed by atoms with Crippen LogP contribution < -0.4 is 0 Å². The molecular formula is C18H20FNO2. The number of aliphatic hydroxyl groups is 1. The van der Waals surface area contributed by atoms with Crippen molar-refractivity contribution in [1.29, 1.82) is 0 Å². The second-order valence-electron chi connectivity index (χ2n) is 5.63. The van der Waals surface area contributed by atoms with E-state index in [0.29, 0.717) is 18.7 Å². The van der Waals surface area contributed by atoms with Crippen LogP contribution in [0.3, 0.4) is 0 Å². The summed E-state index contributed by atoms with van der Waals surface area (Å²) in [5, 5.41) is 10.4. The summed E-state index contributed by atoms with van der Waals surface area (Å²) in [6, 6.07) is 16.3. The van der Waals surface area contributed by atoms with Crippen molar-refractivity contribution in [2.75, 3.05) is 19.7 Å². The van der Waals surface area contributed by atoms with Gasteiger partial charge in [0.2, 0.25) is 0 Å². The Morgan fingerprint density at radius 2 is 2.00 bits per heavy atom. The number of ether oxygens (including phenoxy) is 1. The average molecular weight is 301 g/mol. The summed E-state index contributed by atoms with van der Waals surface area (Å²) in [4.78, 5) is 2.26. The van der Waals surface area contributed by atoms with E-state index in [-0.39, 0.29) is 11.9 Å². The van der Waals surface area contributed by atoms with Crippen molar-refractivity contribution in [3.05, 3.63) is 71.5 Å². The molecular weight excluding hydrogens is 281 g/mol. The topological polar surface area (TPSA) is 32.7 Å². The van der Waals surface area contributed by atoms with Crippen LogP contribution in [0.1, 0.15) is 17.2 Å². The number of hydrogen-bond acceptors (Lipinski definition) is 3. The minimum atomic E-state index is -0.811. The zero-order valence-electron chi connectivity index (χ0n) is 12.4. The zero-order valence-corrected chi connectivity index (χ0v) is 12.4. The predicted molar refractivity (Wildman–Crippen MR) is 82.8 cm³/mol. The van der Waals surface area contributed by atoms with Crippen LogP contribution in [0.25, 0.3) is 0 Å². The number of aliphatic hydroxyl groups excluding tert-OH is 1. The van der Waals surface area contributed by atoms with E-state index in [1.54, 1.807) is 12.1 Å². The van der Waals surface area contributed by atoms with Crippen molar-refractivity contribution in [2.45, 2.75) is 18.8 Å². The Morgan fingerprint density at radius 3 is 2.77 bits per heavy atom. The Hall–Kier alpha value is -1.75. The van der Waals surface area contributed by atoms with Crippen LogP contribution in [0.4, 0.5) is 4.39 Å². The van der Waals surface area contributed by atoms with Crippen LogP contribution >= 0.6 is 0 Å². The molecule has 2 aromatic carbocycles. The number of hydrogen-bond donors (Lipinski definition) is 1. The van der Waals surface area contributed by atoms with Gasteiger partial charge in [0, 0.05) is 19.6 Å². The molecule has 0 unspecified atom stereocenters. The Bertz CT molecular complexity index is 605. The molecule has 1 heterocycles. The molecule has 4 heteroatoms. The smallest absolute Gasteiger partial charge is 0.123 e. The van der Waals surface area contributed by atoms with Crippen molar-refractivity contribution in [2.24, 2.45) is 0 Å². The maximum Gasteiger partial charge on any atom is 0.123 e. The first kappa shape index (κ1) is 15.2. The Labute approximate surface area is 130 Å². The summed E-state index contributed by atoms with van der Waals surface area (Å²) in [6.45, 7) is 2.87. The largest absolute Gasteiger partial charge is 0.386 e. The van der Waals surface area contributed by atoms with Gasteiger partial charge in [-0.3, -0.25) is 4.90 Å². The lowest BCUT2D eigenvalue weighted by Gasteiger charge is -2.35. The van der Waals surface area contributed by atoms with Crippen LogP contribution in [0.15, 0.2) is 54.6 Å². The molecule has 0 aromatic heterocycles. The third-order valence-corrected chi connectivity index (χ3v) is 3.97. The van der Waals surface area contributed by atoms with Gasteiger partial charge in [0.25, 0.3) is 0 Å². The van der Waals surface area contributed by atoms with Gasteiger partial charge < -0.3 is 9.84 Å². The molecule has 2 aromatic rings. The van der Waals surface area contributed by atoms with Gasteiger partial charge in [0.15, 0.2) is 0 Å². The third-order valence-electron chi connectivity index (χ3n) is 3.97. The van der Waals surface area contributed by atoms with Gasteiger partial charge in [-0.2, -0.15) is 0 Å². The second kappa shape index (κ2) is 7.01. The van der Waals surface area contributed by atoms with Gasteiger partial charge in [-0.1, -0.05) is 42.5 Å². The molecule has 116 valence electrons. The standard InChI is InChI=1S/C18H20FNO2/c19-16-8-4-7-15(11-16)18(21)17-13-20(9-10-22-17)12-14-5-2-1-3-6-14/h1-8,11,17-18,21H,9-10,12-13H2/t17-,18-/m1/s1. The molecule has 3 rings (SSSR count). The fourth-order valence-electron chi connectivity index (χ4n) is 2.81. The van der Waals surface area contributed by atoms with Crippen LogP contribution in [0, 0.1) is 5.82 Å². The zero-order chi connectivity index (χ0) is 15.4. The average Bonchev–Trinajstić information content (AvgIpc) is 2.55. The van der Waals surface area contributed by atoms with Crippen LogP contribution in [-0.4, -0.2) is 35.8 Å². The summed E-state index contributed by atoms with van der Waals surface area (Å²) < 4.78 is 19.0. The fraction of sp³-hybridized carbons (Fsp3) is 0.333. The number of morpholine rings is 1. The van der Waals surface area contributed by atoms with E-state index in [4.69, 9.17) is 4.74 Å². The predicted octanol–water partition coefficient (Wildman–Crippen LogP) is 2.76. The van der Waals surface area contributed by atoms with Crippen LogP contribution in [0.5, 0.6) is 0 Å². The number of halogens is 1. The minimum absolute atomic E-state index is 0.334. The van der Waals surface area contributed by atoms with E-state index in [1.165, 1.54) is 17.7 Å².